The highest BCUT2D eigenvalue weighted by molar-refractivity contribution is 5.68. The number of aliphatic carboxylic acids is 1. The molecule has 4 heteroatoms. The van der Waals surface area contributed by atoms with Gasteiger partial charge in [0.2, 0.25) is 0 Å². The van der Waals surface area contributed by atoms with Crippen molar-refractivity contribution in [2.45, 2.75) is 82.5 Å². The largest absolute Gasteiger partial charge is 0.481 e. The molecular formula is C16H29NO3. The van der Waals surface area contributed by atoms with Crippen molar-refractivity contribution in [2.75, 3.05) is 13.6 Å². The summed E-state index contributed by atoms with van der Waals surface area (Å²) in [6.45, 7) is 5.14. The zero-order chi connectivity index (χ0) is 14.8. The molecule has 2 aliphatic rings. The first-order valence-electron chi connectivity index (χ1n) is 7.94. The third-order valence-electron chi connectivity index (χ3n) is 5.11. The lowest BCUT2D eigenvalue weighted by atomic mass is 9.78. The number of carboxylic acids is 1. The van der Waals surface area contributed by atoms with Gasteiger partial charge in [0.1, 0.15) is 0 Å². The van der Waals surface area contributed by atoms with Crippen molar-refractivity contribution in [3.63, 3.8) is 0 Å². The van der Waals surface area contributed by atoms with Crippen molar-refractivity contribution in [2.24, 2.45) is 0 Å². The van der Waals surface area contributed by atoms with E-state index in [1.165, 1.54) is 6.42 Å². The summed E-state index contributed by atoms with van der Waals surface area (Å²) >= 11 is 0. The van der Waals surface area contributed by atoms with Gasteiger partial charge in [0.15, 0.2) is 0 Å². The van der Waals surface area contributed by atoms with E-state index in [1.807, 2.05) is 0 Å². The molecule has 1 unspecified atom stereocenters. The fraction of sp³-hybridized carbons (Fsp3) is 0.938. The predicted octanol–water partition coefficient (Wildman–Crippen LogP) is 3.05. The second-order valence-corrected chi connectivity index (χ2v) is 7.27. The SMILES string of the molecule is CN(CC1CCC(C)(C)O1)C1(CC(=O)O)CCCCC1. The molecule has 0 spiro atoms. The predicted molar refractivity (Wildman–Crippen MR) is 78.9 cm³/mol. The maximum atomic E-state index is 11.3. The molecule has 116 valence electrons. The Labute approximate surface area is 122 Å². The molecule has 1 heterocycles. The first-order valence-corrected chi connectivity index (χ1v) is 7.94. The molecule has 4 nitrogen and oxygen atoms in total. The molecule has 0 amide bonds. The number of nitrogens with zero attached hydrogens (tertiary/aromatic N) is 1. The minimum atomic E-state index is -0.675. The third-order valence-corrected chi connectivity index (χ3v) is 5.11. The van der Waals surface area contributed by atoms with Crippen molar-refractivity contribution in [3.8, 4) is 0 Å². The first kappa shape index (κ1) is 15.8. The van der Waals surface area contributed by atoms with Gasteiger partial charge in [-0.1, -0.05) is 19.3 Å². The zero-order valence-corrected chi connectivity index (χ0v) is 13.2. The Balaban J connectivity index is 1.99. The average Bonchev–Trinajstić information content (AvgIpc) is 2.69. The van der Waals surface area contributed by atoms with Crippen LogP contribution in [-0.4, -0.2) is 46.8 Å². The molecule has 1 saturated heterocycles. The third kappa shape index (κ3) is 3.73. The summed E-state index contributed by atoms with van der Waals surface area (Å²) in [7, 11) is 2.09. The Hall–Kier alpha value is -0.610. The van der Waals surface area contributed by atoms with Crippen LogP contribution in [0.25, 0.3) is 0 Å². The van der Waals surface area contributed by atoms with Crippen LogP contribution in [0.2, 0.25) is 0 Å². The van der Waals surface area contributed by atoms with Gasteiger partial charge in [-0.25, -0.2) is 0 Å². The number of hydrogen-bond acceptors (Lipinski definition) is 3. The van der Waals surface area contributed by atoms with Gasteiger partial charge in [-0.2, -0.15) is 0 Å². The zero-order valence-electron chi connectivity index (χ0n) is 13.2. The summed E-state index contributed by atoms with van der Waals surface area (Å²) in [5.41, 5.74) is -0.168. The molecule has 1 atom stereocenters. The molecule has 2 rings (SSSR count). The Bertz CT molecular complexity index is 348. The molecule has 20 heavy (non-hydrogen) atoms. The minimum Gasteiger partial charge on any atom is -0.481 e. The smallest absolute Gasteiger partial charge is 0.305 e. The van der Waals surface area contributed by atoms with E-state index in [4.69, 9.17) is 4.74 Å². The number of rotatable bonds is 5. The van der Waals surface area contributed by atoms with Gasteiger partial charge in [-0.05, 0) is 46.6 Å². The number of likely N-dealkylation sites (N-methyl/N-ethyl adjacent to an activating group) is 1. The van der Waals surface area contributed by atoms with Gasteiger partial charge in [0.05, 0.1) is 18.1 Å². The lowest BCUT2D eigenvalue weighted by Crippen LogP contribution is -2.51. The first-order chi connectivity index (χ1) is 9.33. The van der Waals surface area contributed by atoms with Crippen LogP contribution in [0.15, 0.2) is 0 Å². The van der Waals surface area contributed by atoms with Gasteiger partial charge >= 0.3 is 5.97 Å². The molecule has 1 N–H and O–H groups in total. The fourth-order valence-corrected chi connectivity index (χ4v) is 3.89. The molecule has 1 saturated carbocycles. The van der Waals surface area contributed by atoms with Crippen LogP contribution in [0, 0.1) is 0 Å². The Morgan fingerprint density at radius 3 is 2.40 bits per heavy atom. The van der Waals surface area contributed by atoms with Crippen molar-refractivity contribution < 1.29 is 14.6 Å². The van der Waals surface area contributed by atoms with Crippen LogP contribution in [0.5, 0.6) is 0 Å². The molecule has 2 fully saturated rings. The van der Waals surface area contributed by atoms with E-state index in [1.54, 1.807) is 0 Å². The number of carboxylic acid groups (broad SMARTS) is 1. The standard InChI is InChI=1S/C16H29NO3/c1-15(2)10-7-13(20-15)12-17(3)16(11-14(18)19)8-5-4-6-9-16/h13H,4-12H2,1-3H3,(H,18,19). The highest BCUT2D eigenvalue weighted by atomic mass is 16.5. The number of carbonyl (C=O) groups is 1. The maximum Gasteiger partial charge on any atom is 0.305 e. The number of ether oxygens (including phenoxy) is 1. The van der Waals surface area contributed by atoms with E-state index in [2.05, 4.69) is 25.8 Å². The molecular weight excluding hydrogens is 254 g/mol. The maximum absolute atomic E-state index is 11.3. The molecule has 1 aliphatic heterocycles. The van der Waals surface area contributed by atoms with Crippen molar-refractivity contribution in [3.05, 3.63) is 0 Å². The van der Waals surface area contributed by atoms with Crippen LogP contribution in [0.4, 0.5) is 0 Å². The molecule has 0 aromatic rings. The Kier molecular flexibility index (Phi) is 4.75. The van der Waals surface area contributed by atoms with Crippen LogP contribution in [0.3, 0.4) is 0 Å². The normalized spacial score (nSPS) is 28.7. The highest BCUT2D eigenvalue weighted by Crippen LogP contribution is 2.37. The van der Waals surface area contributed by atoms with Crippen LogP contribution < -0.4 is 0 Å². The summed E-state index contributed by atoms with van der Waals surface area (Å²) in [4.78, 5) is 13.5. The van der Waals surface area contributed by atoms with Crippen LogP contribution in [-0.2, 0) is 9.53 Å². The number of hydrogen-bond donors (Lipinski definition) is 1. The quantitative estimate of drug-likeness (QED) is 0.842. The lowest BCUT2D eigenvalue weighted by Gasteiger charge is -2.45. The summed E-state index contributed by atoms with van der Waals surface area (Å²) in [5, 5.41) is 9.27. The molecule has 0 radical (unpaired) electrons. The lowest BCUT2D eigenvalue weighted by molar-refractivity contribution is -0.141. The van der Waals surface area contributed by atoms with Gasteiger partial charge in [0.25, 0.3) is 0 Å². The highest BCUT2D eigenvalue weighted by Gasteiger charge is 2.40. The van der Waals surface area contributed by atoms with E-state index in [-0.39, 0.29) is 23.7 Å². The molecule has 0 aromatic heterocycles. The molecule has 0 aromatic carbocycles. The van der Waals surface area contributed by atoms with Crippen LogP contribution >= 0.6 is 0 Å². The van der Waals surface area contributed by atoms with Crippen LogP contribution in [0.1, 0.15) is 65.2 Å². The second kappa shape index (κ2) is 6.02. The van der Waals surface area contributed by atoms with E-state index < -0.39 is 5.97 Å². The van der Waals surface area contributed by atoms with E-state index in [0.29, 0.717) is 0 Å². The summed E-state index contributed by atoms with van der Waals surface area (Å²) in [6.07, 6.45) is 8.24. The van der Waals surface area contributed by atoms with E-state index in [0.717, 1.165) is 45.1 Å². The van der Waals surface area contributed by atoms with Gasteiger partial charge < -0.3 is 9.84 Å². The van der Waals surface area contributed by atoms with Crippen molar-refractivity contribution >= 4 is 5.97 Å². The van der Waals surface area contributed by atoms with E-state index in [9.17, 15) is 9.90 Å². The second-order valence-electron chi connectivity index (χ2n) is 7.27. The van der Waals surface area contributed by atoms with Gasteiger partial charge in [-0.15, -0.1) is 0 Å². The molecule has 1 aliphatic carbocycles. The average molecular weight is 283 g/mol. The van der Waals surface area contributed by atoms with Crippen molar-refractivity contribution in [1.29, 1.82) is 0 Å². The van der Waals surface area contributed by atoms with E-state index >= 15 is 0 Å². The topological polar surface area (TPSA) is 49.8 Å². The molecule has 0 bridgehead atoms. The summed E-state index contributed by atoms with van der Waals surface area (Å²) in [5.74, 6) is -0.675. The fourth-order valence-electron chi connectivity index (χ4n) is 3.89. The van der Waals surface area contributed by atoms with Crippen molar-refractivity contribution in [1.82, 2.24) is 4.90 Å². The monoisotopic (exact) mass is 283 g/mol. The summed E-state index contributed by atoms with van der Waals surface area (Å²) < 4.78 is 6.07. The Morgan fingerprint density at radius 2 is 1.90 bits per heavy atom. The minimum absolute atomic E-state index is 0.0158. The summed E-state index contributed by atoms with van der Waals surface area (Å²) in [6, 6.07) is 0. The van der Waals surface area contributed by atoms with Gasteiger partial charge in [0, 0.05) is 12.1 Å². The Morgan fingerprint density at radius 1 is 1.25 bits per heavy atom. The van der Waals surface area contributed by atoms with Gasteiger partial charge in [-0.3, -0.25) is 9.69 Å².